The van der Waals surface area contributed by atoms with E-state index in [4.69, 9.17) is 0 Å². The number of pyridine rings is 2. The largest absolute Gasteiger partial charge is 0.324 e. The summed E-state index contributed by atoms with van der Waals surface area (Å²) in [6.07, 6.45) is 3.51. The van der Waals surface area contributed by atoms with Gasteiger partial charge in [0.1, 0.15) is 5.69 Å². The molecule has 4 heterocycles. The van der Waals surface area contributed by atoms with Gasteiger partial charge in [-0.2, -0.15) is 0 Å². The Bertz CT molecular complexity index is 732. The molecular formula is C15H15N5O. The summed E-state index contributed by atoms with van der Waals surface area (Å²) in [5, 5.41) is 6.34. The number of rotatable bonds is 1. The SMILES string of the molecule is Cc1ccnc(C23NCCN2C(=O)Nc2cccnc23)c1. The van der Waals surface area contributed by atoms with Crippen molar-refractivity contribution in [3.63, 3.8) is 0 Å². The summed E-state index contributed by atoms with van der Waals surface area (Å²) in [5.41, 5.74) is 2.66. The topological polar surface area (TPSA) is 70.2 Å². The molecule has 4 rings (SSSR count). The molecule has 2 amide bonds. The van der Waals surface area contributed by atoms with Gasteiger partial charge in [0.25, 0.3) is 0 Å². The highest BCUT2D eigenvalue weighted by atomic mass is 16.2. The molecule has 2 aromatic rings. The Kier molecular flexibility index (Phi) is 2.49. The van der Waals surface area contributed by atoms with E-state index in [9.17, 15) is 4.79 Å². The number of nitrogens with zero attached hydrogens (tertiary/aromatic N) is 3. The van der Waals surface area contributed by atoms with Crippen LogP contribution in [-0.4, -0.2) is 34.0 Å². The molecule has 21 heavy (non-hydrogen) atoms. The highest BCUT2D eigenvalue weighted by Crippen LogP contribution is 2.41. The summed E-state index contributed by atoms with van der Waals surface area (Å²) in [7, 11) is 0. The van der Waals surface area contributed by atoms with Gasteiger partial charge in [-0.1, -0.05) is 0 Å². The molecule has 1 saturated heterocycles. The molecule has 0 aliphatic carbocycles. The molecule has 1 atom stereocenters. The van der Waals surface area contributed by atoms with Crippen LogP contribution in [0.15, 0.2) is 36.7 Å². The average Bonchev–Trinajstić information content (AvgIpc) is 2.94. The Labute approximate surface area is 122 Å². The third kappa shape index (κ3) is 1.59. The van der Waals surface area contributed by atoms with E-state index in [0.29, 0.717) is 13.1 Å². The van der Waals surface area contributed by atoms with Gasteiger partial charge in [0, 0.05) is 25.5 Å². The second-order valence-corrected chi connectivity index (χ2v) is 5.34. The number of hydrogen-bond donors (Lipinski definition) is 2. The number of urea groups is 1. The number of fused-ring (bicyclic) bond motifs is 3. The molecule has 106 valence electrons. The highest BCUT2D eigenvalue weighted by Gasteiger charge is 2.52. The van der Waals surface area contributed by atoms with Gasteiger partial charge >= 0.3 is 6.03 Å². The zero-order valence-corrected chi connectivity index (χ0v) is 11.6. The van der Waals surface area contributed by atoms with Crippen molar-refractivity contribution in [3.8, 4) is 0 Å². The number of amides is 2. The van der Waals surface area contributed by atoms with Crippen LogP contribution in [0.25, 0.3) is 0 Å². The third-order valence-corrected chi connectivity index (χ3v) is 4.04. The molecule has 0 bridgehead atoms. The van der Waals surface area contributed by atoms with E-state index in [1.165, 1.54) is 0 Å². The third-order valence-electron chi connectivity index (χ3n) is 4.04. The predicted octanol–water partition coefficient (Wildman–Crippen LogP) is 1.44. The van der Waals surface area contributed by atoms with Gasteiger partial charge in [0.15, 0.2) is 5.66 Å². The van der Waals surface area contributed by atoms with Crippen molar-refractivity contribution < 1.29 is 4.79 Å². The lowest BCUT2D eigenvalue weighted by Crippen LogP contribution is -2.57. The van der Waals surface area contributed by atoms with Crippen molar-refractivity contribution in [3.05, 3.63) is 53.6 Å². The number of aromatic nitrogens is 2. The van der Waals surface area contributed by atoms with Gasteiger partial charge < -0.3 is 5.32 Å². The van der Waals surface area contributed by atoms with Gasteiger partial charge in [0.05, 0.1) is 11.4 Å². The summed E-state index contributed by atoms with van der Waals surface area (Å²) in [6, 6.07) is 7.52. The van der Waals surface area contributed by atoms with E-state index < -0.39 is 5.66 Å². The number of carbonyl (C=O) groups excluding carboxylic acids is 1. The van der Waals surface area contributed by atoms with Crippen LogP contribution in [0.2, 0.25) is 0 Å². The number of aryl methyl sites for hydroxylation is 1. The normalized spacial score (nSPS) is 23.5. The molecule has 2 aliphatic heterocycles. The van der Waals surface area contributed by atoms with E-state index >= 15 is 0 Å². The number of anilines is 1. The molecule has 1 fully saturated rings. The summed E-state index contributed by atoms with van der Waals surface area (Å²) in [4.78, 5) is 23.2. The zero-order chi connectivity index (χ0) is 14.4. The van der Waals surface area contributed by atoms with Crippen LogP contribution in [0.4, 0.5) is 10.5 Å². The first-order chi connectivity index (χ1) is 10.2. The highest BCUT2D eigenvalue weighted by molar-refractivity contribution is 5.94. The smallest absolute Gasteiger partial charge is 0.306 e. The molecule has 0 saturated carbocycles. The maximum Gasteiger partial charge on any atom is 0.324 e. The Morgan fingerprint density at radius 3 is 3.05 bits per heavy atom. The Morgan fingerprint density at radius 2 is 2.19 bits per heavy atom. The van der Waals surface area contributed by atoms with E-state index in [0.717, 1.165) is 22.6 Å². The van der Waals surface area contributed by atoms with E-state index in [-0.39, 0.29) is 6.03 Å². The minimum absolute atomic E-state index is 0.121. The van der Waals surface area contributed by atoms with Crippen molar-refractivity contribution in [1.29, 1.82) is 0 Å². The first kappa shape index (κ1) is 12.3. The Hall–Kier alpha value is -2.47. The van der Waals surface area contributed by atoms with Crippen LogP contribution < -0.4 is 10.6 Å². The molecule has 2 aromatic heterocycles. The van der Waals surface area contributed by atoms with Crippen molar-refractivity contribution >= 4 is 11.7 Å². The fraction of sp³-hybridized carbons (Fsp3) is 0.267. The zero-order valence-electron chi connectivity index (χ0n) is 11.6. The molecule has 2 aliphatic rings. The first-order valence-electron chi connectivity index (χ1n) is 6.94. The predicted molar refractivity (Wildman–Crippen MR) is 77.7 cm³/mol. The van der Waals surface area contributed by atoms with E-state index in [1.807, 2.05) is 31.2 Å². The van der Waals surface area contributed by atoms with Crippen molar-refractivity contribution in [2.45, 2.75) is 12.6 Å². The lowest BCUT2D eigenvalue weighted by atomic mass is 9.95. The van der Waals surface area contributed by atoms with Crippen LogP contribution in [0.3, 0.4) is 0 Å². The summed E-state index contributed by atoms with van der Waals surface area (Å²) >= 11 is 0. The van der Waals surface area contributed by atoms with Gasteiger partial charge in [-0.3, -0.25) is 20.2 Å². The quantitative estimate of drug-likeness (QED) is 0.829. The van der Waals surface area contributed by atoms with Crippen LogP contribution in [-0.2, 0) is 5.66 Å². The van der Waals surface area contributed by atoms with Gasteiger partial charge in [0.2, 0.25) is 0 Å². The number of hydrogen-bond acceptors (Lipinski definition) is 4. The van der Waals surface area contributed by atoms with E-state index in [1.54, 1.807) is 17.3 Å². The molecule has 0 spiro atoms. The van der Waals surface area contributed by atoms with Crippen LogP contribution in [0, 0.1) is 6.92 Å². The maximum absolute atomic E-state index is 12.4. The second kappa shape index (κ2) is 4.26. The van der Waals surface area contributed by atoms with Crippen LogP contribution >= 0.6 is 0 Å². The van der Waals surface area contributed by atoms with E-state index in [2.05, 4.69) is 20.6 Å². The minimum Gasteiger partial charge on any atom is -0.306 e. The number of nitrogens with one attached hydrogen (secondary N) is 2. The maximum atomic E-state index is 12.4. The summed E-state index contributed by atoms with van der Waals surface area (Å²) in [6.45, 7) is 3.35. The molecular weight excluding hydrogens is 266 g/mol. The average molecular weight is 281 g/mol. The molecule has 1 unspecified atom stereocenters. The summed E-state index contributed by atoms with van der Waals surface area (Å²) in [5.74, 6) is 0. The molecule has 2 N–H and O–H groups in total. The van der Waals surface area contributed by atoms with Gasteiger partial charge in [-0.05, 0) is 36.8 Å². The van der Waals surface area contributed by atoms with Crippen molar-refractivity contribution in [2.24, 2.45) is 0 Å². The molecule has 6 heteroatoms. The van der Waals surface area contributed by atoms with Crippen molar-refractivity contribution in [1.82, 2.24) is 20.2 Å². The Morgan fingerprint density at radius 1 is 1.29 bits per heavy atom. The standard InChI is InChI=1S/C15H15N5O/c1-10-4-6-16-12(9-10)15-13-11(3-2-5-17-13)19-14(21)20(15)8-7-18-15/h2-6,9,18H,7-8H2,1H3,(H,19,21). The van der Waals surface area contributed by atoms with Crippen molar-refractivity contribution in [2.75, 3.05) is 18.4 Å². The fourth-order valence-corrected chi connectivity index (χ4v) is 3.14. The van der Waals surface area contributed by atoms with Gasteiger partial charge in [-0.25, -0.2) is 4.79 Å². The first-order valence-corrected chi connectivity index (χ1v) is 6.94. The lowest BCUT2D eigenvalue weighted by Gasteiger charge is -2.41. The lowest BCUT2D eigenvalue weighted by molar-refractivity contribution is 0.159. The monoisotopic (exact) mass is 281 g/mol. The summed E-state index contributed by atoms with van der Waals surface area (Å²) < 4.78 is 0. The minimum atomic E-state index is -0.773. The fourth-order valence-electron chi connectivity index (χ4n) is 3.14. The second-order valence-electron chi connectivity index (χ2n) is 5.34. The van der Waals surface area contributed by atoms with Gasteiger partial charge in [-0.15, -0.1) is 0 Å². The van der Waals surface area contributed by atoms with Crippen LogP contribution in [0.1, 0.15) is 17.0 Å². The molecule has 0 radical (unpaired) electrons. The Balaban J connectivity index is 2.01. The molecule has 6 nitrogen and oxygen atoms in total. The molecule has 0 aromatic carbocycles. The van der Waals surface area contributed by atoms with Crippen LogP contribution in [0.5, 0.6) is 0 Å². The number of carbonyl (C=O) groups is 1.